The third kappa shape index (κ3) is 3.34. The van der Waals surface area contributed by atoms with Gasteiger partial charge in [0.2, 0.25) is 5.88 Å². The molecule has 0 saturated heterocycles. The van der Waals surface area contributed by atoms with Crippen molar-refractivity contribution in [2.45, 2.75) is 45.4 Å². The van der Waals surface area contributed by atoms with E-state index in [0.29, 0.717) is 12.5 Å². The topological polar surface area (TPSA) is 35.0 Å². The van der Waals surface area contributed by atoms with Crippen LogP contribution in [0.5, 0.6) is 5.88 Å². The van der Waals surface area contributed by atoms with Crippen LogP contribution < -0.4 is 4.74 Å². The molecule has 2 atom stereocenters. The Labute approximate surface area is 102 Å². The molecule has 16 heavy (non-hydrogen) atoms. The molecule has 90 valence electrons. The van der Waals surface area contributed by atoms with Crippen LogP contribution in [0.15, 0.2) is 6.07 Å². The summed E-state index contributed by atoms with van der Waals surface area (Å²) in [5.74, 6) is 1.63. The number of aryl methyl sites for hydroxylation is 1. The molecule has 0 aliphatic carbocycles. The van der Waals surface area contributed by atoms with E-state index >= 15 is 0 Å². The van der Waals surface area contributed by atoms with E-state index in [1.165, 1.54) is 0 Å². The van der Waals surface area contributed by atoms with Gasteiger partial charge < -0.3 is 4.74 Å². The number of hydrogen-bond donors (Lipinski definition) is 0. The van der Waals surface area contributed by atoms with Crippen molar-refractivity contribution >= 4 is 11.6 Å². The summed E-state index contributed by atoms with van der Waals surface area (Å²) in [6, 6.07) is 1.89. The first kappa shape index (κ1) is 13.2. The molecule has 0 amide bonds. The fourth-order valence-electron chi connectivity index (χ4n) is 1.74. The Morgan fingerprint density at radius 1 is 1.38 bits per heavy atom. The molecular formula is C12H19ClN2O. The minimum atomic E-state index is 0.0637. The zero-order valence-corrected chi connectivity index (χ0v) is 11.1. The summed E-state index contributed by atoms with van der Waals surface area (Å²) in [6.07, 6.45) is 0.965. The summed E-state index contributed by atoms with van der Waals surface area (Å²) < 4.78 is 5.41. The van der Waals surface area contributed by atoms with Crippen LogP contribution in [0.25, 0.3) is 0 Å². The first-order chi connectivity index (χ1) is 7.58. The Balaban J connectivity index is 3.02. The van der Waals surface area contributed by atoms with Gasteiger partial charge in [0.1, 0.15) is 5.82 Å². The van der Waals surface area contributed by atoms with Crippen molar-refractivity contribution in [2.24, 2.45) is 0 Å². The highest BCUT2D eigenvalue weighted by Gasteiger charge is 2.18. The van der Waals surface area contributed by atoms with E-state index in [0.717, 1.165) is 17.9 Å². The summed E-state index contributed by atoms with van der Waals surface area (Å²) in [5, 5.41) is 0.0637. The monoisotopic (exact) mass is 242 g/mol. The maximum absolute atomic E-state index is 6.16. The van der Waals surface area contributed by atoms with Crippen LogP contribution in [0.4, 0.5) is 0 Å². The molecule has 0 aliphatic heterocycles. The van der Waals surface area contributed by atoms with Crippen molar-refractivity contribution in [1.29, 1.82) is 0 Å². The molecule has 2 unspecified atom stereocenters. The van der Waals surface area contributed by atoms with Crippen LogP contribution in [0, 0.1) is 6.92 Å². The van der Waals surface area contributed by atoms with Crippen LogP contribution in [-0.2, 0) is 0 Å². The summed E-state index contributed by atoms with van der Waals surface area (Å²) in [6.45, 7) is 8.54. The fraction of sp³-hybridized carbons (Fsp3) is 0.667. The zero-order valence-electron chi connectivity index (χ0n) is 10.3. The van der Waals surface area contributed by atoms with Gasteiger partial charge in [-0.05, 0) is 27.2 Å². The molecule has 1 aromatic heterocycles. The summed E-state index contributed by atoms with van der Waals surface area (Å²) in [5.41, 5.74) is 0.973. The summed E-state index contributed by atoms with van der Waals surface area (Å²) in [4.78, 5) is 8.66. The van der Waals surface area contributed by atoms with Gasteiger partial charge in [0, 0.05) is 17.4 Å². The van der Waals surface area contributed by atoms with E-state index in [1.54, 1.807) is 0 Å². The van der Waals surface area contributed by atoms with Crippen molar-refractivity contribution in [2.75, 3.05) is 6.61 Å². The lowest BCUT2D eigenvalue weighted by Crippen LogP contribution is -2.12. The average Bonchev–Trinajstić information content (AvgIpc) is 2.17. The van der Waals surface area contributed by atoms with Crippen LogP contribution >= 0.6 is 11.6 Å². The van der Waals surface area contributed by atoms with Gasteiger partial charge >= 0.3 is 0 Å². The van der Waals surface area contributed by atoms with Crippen LogP contribution in [0.3, 0.4) is 0 Å². The molecule has 0 bridgehead atoms. The number of halogens is 1. The largest absolute Gasteiger partial charge is 0.478 e. The molecule has 4 heteroatoms. The molecule has 0 spiro atoms. The highest BCUT2D eigenvalue weighted by molar-refractivity contribution is 6.20. The Morgan fingerprint density at radius 3 is 2.56 bits per heavy atom. The molecule has 1 heterocycles. The molecule has 0 saturated carbocycles. The SMILES string of the molecule is CCOc1cc(C(CC)C(C)Cl)nc(C)n1. The highest BCUT2D eigenvalue weighted by Crippen LogP contribution is 2.27. The molecular weight excluding hydrogens is 224 g/mol. The number of nitrogens with zero attached hydrogens (tertiary/aromatic N) is 2. The van der Waals surface area contributed by atoms with Gasteiger partial charge in [0.05, 0.1) is 12.3 Å². The average molecular weight is 243 g/mol. The maximum Gasteiger partial charge on any atom is 0.216 e. The molecule has 0 aromatic carbocycles. The normalized spacial score (nSPS) is 14.6. The summed E-state index contributed by atoms with van der Waals surface area (Å²) in [7, 11) is 0. The maximum atomic E-state index is 6.16. The van der Waals surface area contributed by atoms with Gasteiger partial charge in [-0.25, -0.2) is 4.98 Å². The van der Waals surface area contributed by atoms with Gasteiger partial charge in [-0.1, -0.05) is 6.92 Å². The minimum absolute atomic E-state index is 0.0637. The number of rotatable bonds is 5. The van der Waals surface area contributed by atoms with Crippen LogP contribution in [0.2, 0.25) is 0 Å². The van der Waals surface area contributed by atoms with Crippen LogP contribution in [0.1, 0.15) is 44.6 Å². The lowest BCUT2D eigenvalue weighted by atomic mass is 9.98. The second-order valence-corrected chi connectivity index (χ2v) is 4.49. The van der Waals surface area contributed by atoms with E-state index < -0.39 is 0 Å². The van der Waals surface area contributed by atoms with Gasteiger partial charge in [0.25, 0.3) is 0 Å². The number of aromatic nitrogens is 2. The van der Waals surface area contributed by atoms with Crippen molar-refractivity contribution in [3.05, 3.63) is 17.6 Å². The van der Waals surface area contributed by atoms with Crippen LogP contribution in [-0.4, -0.2) is 22.0 Å². The lowest BCUT2D eigenvalue weighted by Gasteiger charge is -2.17. The first-order valence-corrected chi connectivity index (χ1v) is 6.14. The molecule has 0 N–H and O–H groups in total. The van der Waals surface area contributed by atoms with Crippen molar-refractivity contribution < 1.29 is 4.74 Å². The van der Waals surface area contributed by atoms with Gasteiger partial charge in [-0.3, -0.25) is 0 Å². The molecule has 3 nitrogen and oxygen atoms in total. The quantitative estimate of drug-likeness (QED) is 0.743. The first-order valence-electron chi connectivity index (χ1n) is 5.70. The Kier molecular flexibility index (Phi) is 5.00. The molecule has 1 rings (SSSR count). The third-order valence-electron chi connectivity index (χ3n) is 2.50. The van der Waals surface area contributed by atoms with E-state index in [1.807, 2.05) is 26.8 Å². The van der Waals surface area contributed by atoms with Crippen molar-refractivity contribution in [1.82, 2.24) is 9.97 Å². The Morgan fingerprint density at radius 2 is 2.06 bits per heavy atom. The molecule has 0 aliphatic rings. The fourth-order valence-corrected chi connectivity index (χ4v) is 2.05. The Bertz CT molecular complexity index is 342. The number of alkyl halides is 1. The van der Waals surface area contributed by atoms with Gasteiger partial charge in [-0.15, -0.1) is 11.6 Å². The minimum Gasteiger partial charge on any atom is -0.478 e. The summed E-state index contributed by atoms with van der Waals surface area (Å²) >= 11 is 6.16. The van der Waals surface area contributed by atoms with Gasteiger partial charge in [-0.2, -0.15) is 4.98 Å². The predicted octanol–water partition coefficient (Wildman–Crippen LogP) is 3.30. The number of hydrogen-bond acceptors (Lipinski definition) is 3. The molecule has 1 aromatic rings. The predicted molar refractivity (Wildman–Crippen MR) is 66.3 cm³/mol. The van der Waals surface area contributed by atoms with Gasteiger partial charge in [0.15, 0.2) is 0 Å². The Hall–Kier alpha value is -0.830. The van der Waals surface area contributed by atoms with E-state index in [9.17, 15) is 0 Å². The van der Waals surface area contributed by atoms with E-state index in [4.69, 9.17) is 16.3 Å². The van der Waals surface area contributed by atoms with Crippen molar-refractivity contribution in [3.8, 4) is 5.88 Å². The second-order valence-electron chi connectivity index (χ2n) is 3.80. The number of ether oxygens (including phenoxy) is 1. The lowest BCUT2D eigenvalue weighted by molar-refractivity contribution is 0.324. The molecule has 0 radical (unpaired) electrons. The molecule has 0 fully saturated rings. The van der Waals surface area contributed by atoms with Crippen molar-refractivity contribution in [3.63, 3.8) is 0 Å². The standard InChI is InChI=1S/C12H19ClN2O/c1-5-10(8(3)13)11-7-12(16-6-2)15-9(4)14-11/h7-8,10H,5-6H2,1-4H3. The zero-order chi connectivity index (χ0) is 12.1. The van der Waals surface area contributed by atoms with E-state index in [-0.39, 0.29) is 11.3 Å². The third-order valence-corrected chi connectivity index (χ3v) is 2.80. The smallest absolute Gasteiger partial charge is 0.216 e. The van der Waals surface area contributed by atoms with E-state index in [2.05, 4.69) is 16.9 Å². The highest BCUT2D eigenvalue weighted by atomic mass is 35.5. The second kappa shape index (κ2) is 6.04.